The monoisotopic (exact) mass is 403 g/mol. The molecule has 2 aromatic carbocycles. The molecule has 1 aliphatic rings. The van der Waals surface area contributed by atoms with Crippen molar-refractivity contribution >= 4 is 26.8 Å². The number of aliphatic hydroxyl groups excluding tert-OH is 1. The lowest BCUT2D eigenvalue weighted by Gasteiger charge is -2.15. The van der Waals surface area contributed by atoms with E-state index in [4.69, 9.17) is 4.42 Å². The molecule has 0 radical (unpaired) electrons. The summed E-state index contributed by atoms with van der Waals surface area (Å²) in [6.45, 7) is 0.778. The number of likely N-dealkylation sites (N-methyl/N-ethyl adjacent to an activating group) is 1. The molecular formula is C19H21N3O5S. The molecular weight excluding hydrogens is 382 g/mol. The maximum atomic E-state index is 12.6. The first-order valence-electron chi connectivity index (χ1n) is 8.87. The number of nitrogens with zero attached hydrogens (tertiary/aromatic N) is 2. The second kappa shape index (κ2) is 6.77. The molecule has 2 N–H and O–H groups in total. The van der Waals surface area contributed by atoms with Gasteiger partial charge in [0.25, 0.3) is 0 Å². The smallest absolute Gasteiger partial charge is 0.408 e. The number of benzene rings is 2. The van der Waals surface area contributed by atoms with Gasteiger partial charge in [-0.2, -0.15) is 0 Å². The maximum absolute atomic E-state index is 12.6. The number of aromatic nitrogens is 1. The Labute approximate surface area is 162 Å². The highest BCUT2D eigenvalue weighted by molar-refractivity contribution is 7.89. The Bertz CT molecular complexity index is 1210. The molecule has 8 nitrogen and oxygen atoms in total. The van der Waals surface area contributed by atoms with Gasteiger partial charge >= 0.3 is 5.76 Å². The van der Waals surface area contributed by atoms with Gasteiger partial charge in [0.05, 0.1) is 16.5 Å². The van der Waals surface area contributed by atoms with E-state index >= 15 is 0 Å². The van der Waals surface area contributed by atoms with Crippen molar-refractivity contribution in [2.45, 2.75) is 17.4 Å². The summed E-state index contributed by atoms with van der Waals surface area (Å²) in [4.78, 5) is 13.7. The molecule has 1 atom stereocenters. The number of aliphatic hydroxyl groups is 1. The number of oxazole rings is 1. The Hall–Kier alpha value is -2.62. The van der Waals surface area contributed by atoms with Gasteiger partial charge < -0.3 is 14.4 Å². The third-order valence-electron chi connectivity index (χ3n) is 5.16. The Kier molecular flexibility index (Phi) is 4.53. The largest absolute Gasteiger partial charge is 0.419 e. The average Bonchev–Trinajstić information content (AvgIpc) is 3.19. The second-order valence-corrected chi connectivity index (χ2v) is 8.75. The minimum Gasteiger partial charge on any atom is -0.408 e. The van der Waals surface area contributed by atoms with Crippen molar-refractivity contribution in [3.05, 3.63) is 58.1 Å². The zero-order valence-electron chi connectivity index (χ0n) is 15.5. The number of sulfonamides is 1. The van der Waals surface area contributed by atoms with Crippen molar-refractivity contribution in [1.82, 2.24) is 9.29 Å². The zero-order valence-corrected chi connectivity index (χ0v) is 16.4. The summed E-state index contributed by atoms with van der Waals surface area (Å²) < 4.78 is 33.9. The number of hydrogen-bond acceptors (Lipinski definition) is 6. The third kappa shape index (κ3) is 3.21. The molecule has 2 heterocycles. The molecule has 148 valence electrons. The molecule has 0 saturated carbocycles. The topological polar surface area (TPSA) is 105 Å². The highest BCUT2D eigenvalue weighted by Gasteiger charge is 2.21. The van der Waals surface area contributed by atoms with Crippen molar-refractivity contribution in [2.75, 3.05) is 25.0 Å². The molecule has 0 fully saturated rings. The van der Waals surface area contributed by atoms with Crippen LogP contribution in [-0.4, -0.2) is 38.2 Å². The van der Waals surface area contributed by atoms with Crippen LogP contribution >= 0.6 is 0 Å². The molecule has 28 heavy (non-hydrogen) atoms. The Morgan fingerprint density at radius 2 is 2.00 bits per heavy atom. The summed E-state index contributed by atoms with van der Waals surface area (Å²) in [5.41, 5.74) is 3.65. The SMILES string of the molecule is CN1CCc2cc(C(O)CNS(=O)(=O)c3ccc4oc(=O)n(C)c4c3)ccc21. The fourth-order valence-corrected chi connectivity index (χ4v) is 4.52. The summed E-state index contributed by atoms with van der Waals surface area (Å²) >= 11 is 0. The summed E-state index contributed by atoms with van der Waals surface area (Å²) in [5, 5.41) is 10.4. The van der Waals surface area contributed by atoms with Crippen molar-refractivity contribution in [3.63, 3.8) is 0 Å². The molecule has 0 bridgehead atoms. The Morgan fingerprint density at radius 3 is 2.79 bits per heavy atom. The molecule has 1 aliphatic heterocycles. The van der Waals surface area contributed by atoms with Crippen LogP contribution in [0.1, 0.15) is 17.2 Å². The van der Waals surface area contributed by atoms with Gasteiger partial charge in [0.1, 0.15) is 0 Å². The van der Waals surface area contributed by atoms with E-state index < -0.39 is 21.9 Å². The van der Waals surface area contributed by atoms with E-state index in [1.54, 1.807) is 0 Å². The first-order valence-corrected chi connectivity index (χ1v) is 10.4. The first-order chi connectivity index (χ1) is 13.3. The summed E-state index contributed by atoms with van der Waals surface area (Å²) in [7, 11) is -0.334. The number of rotatable bonds is 5. The van der Waals surface area contributed by atoms with Gasteiger partial charge in [0.2, 0.25) is 10.0 Å². The number of aryl methyl sites for hydroxylation is 1. The minimum atomic E-state index is -3.86. The van der Waals surface area contributed by atoms with Gasteiger partial charge in [0.15, 0.2) is 5.58 Å². The summed E-state index contributed by atoms with van der Waals surface area (Å²) in [5.74, 6) is -0.560. The van der Waals surface area contributed by atoms with Crippen molar-refractivity contribution in [3.8, 4) is 0 Å². The normalized spacial score (nSPS) is 15.2. The van der Waals surface area contributed by atoms with Crippen LogP contribution < -0.4 is 15.4 Å². The Morgan fingerprint density at radius 1 is 1.21 bits per heavy atom. The molecule has 3 aromatic rings. The molecule has 0 amide bonds. The minimum absolute atomic E-state index is 0.000761. The summed E-state index contributed by atoms with van der Waals surface area (Å²) in [6.07, 6.45) is -0.0605. The van der Waals surface area contributed by atoms with Crippen LogP contribution in [0.15, 0.2) is 50.5 Å². The van der Waals surface area contributed by atoms with Crippen LogP contribution in [0.5, 0.6) is 0 Å². The van der Waals surface area contributed by atoms with E-state index in [0.29, 0.717) is 16.7 Å². The molecule has 1 unspecified atom stereocenters. The molecule has 0 spiro atoms. The highest BCUT2D eigenvalue weighted by atomic mass is 32.2. The number of fused-ring (bicyclic) bond motifs is 2. The predicted octanol–water partition coefficient (Wildman–Crippen LogP) is 1.14. The average molecular weight is 403 g/mol. The van der Waals surface area contributed by atoms with Gasteiger partial charge in [-0.3, -0.25) is 4.57 Å². The van der Waals surface area contributed by atoms with Crippen LogP contribution in [0.4, 0.5) is 5.69 Å². The standard InChI is InChI=1S/C19H21N3O5S/c1-21-8-7-12-9-13(3-5-15(12)21)17(23)11-20-28(25,26)14-4-6-18-16(10-14)22(2)19(24)27-18/h3-6,9-10,17,20,23H,7-8,11H2,1-2H3. The van der Waals surface area contributed by atoms with E-state index in [0.717, 1.165) is 24.2 Å². The van der Waals surface area contributed by atoms with Crippen LogP contribution in [-0.2, 0) is 23.5 Å². The maximum Gasteiger partial charge on any atom is 0.419 e. The fourth-order valence-electron chi connectivity index (χ4n) is 3.46. The van der Waals surface area contributed by atoms with E-state index in [1.807, 2.05) is 25.2 Å². The van der Waals surface area contributed by atoms with Crippen molar-refractivity contribution in [1.29, 1.82) is 0 Å². The lowest BCUT2D eigenvalue weighted by molar-refractivity contribution is 0.182. The van der Waals surface area contributed by atoms with E-state index in [1.165, 1.54) is 29.8 Å². The van der Waals surface area contributed by atoms with Crippen LogP contribution in [0.3, 0.4) is 0 Å². The van der Waals surface area contributed by atoms with Crippen molar-refractivity contribution < 1.29 is 17.9 Å². The zero-order chi connectivity index (χ0) is 20.1. The van der Waals surface area contributed by atoms with E-state index in [-0.39, 0.29) is 11.4 Å². The molecule has 4 rings (SSSR count). The van der Waals surface area contributed by atoms with Gasteiger partial charge in [0, 0.05) is 32.9 Å². The molecule has 0 aliphatic carbocycles. The molecule has 9 heteroatoms. The second-order valence-electron chi connectivity index (χ2n) is 6.98. The molecule has 1 aromatic heterocycles. The third-order valence-corrected chi connectivity index (χ3v) is 6.58. The van der Waals surface area contributed by atoms with Gasteiger partial charge in [-0.15, -0.1) is 0 Å². The lowest BCUT2D eigenvalue weighted by Crippen LogP contribution is -2.28. The number of hydrogen-bond donors (Lipinski definition) is 2. The molecule has 0 saturated heterocycles. The van der Waals surface area contributed by atoms with Crippen molar-refractivity contribution in [2.24, 2.45) is 7.05 Å². The van der Waals surface area contributed by atoms with E-state index in [9.17, 15) is 18.3 Å². The lowest BCUT2D eigenvalue weighted by atomic mass is 10.0. The quantitative estimate of drug-likeness (QED) is 0.662. The summed E-state index contributed by atoms with van der Waals surface area (Å²) in [6, 6.07) is 9.87. The van der Waals surface area contributed by atoms with Crippen LogP contribution in [0.25, 0.3) is 11.1 Å². The fraction of sp³-hybridized carbons (Fsp3) is 0.316. The van der Waals surface area contributed by atoms with Gasteiger partial charge in [-0.25, -0.2) is 17.9 Å². The van der Waals surface area contributed by atoms with Crippen LogP contribution in [0.2, 0.25) is 0 Å². The van der Waals surface area contributed by atoms with E-state index in [2.05, 4.69) is 9.62 Å². The number of nitrogens with one attached hydrogen (secondary N) is 1. The predicted molar refractivity (Wildman–Crippen MR) is 105 cm³/mol. The van der Waals surface area contributed by atoms with Crippen LogP contribution in [0, 0.1) is 0 Å². The first kappa shape index (κ1) is 18.7. The Balaban J connectivity index is 1.52. The highest BCUT2D eigenvalue weighted by Crippen LogP contribution is 2.29. The van der Waals surface area contributed by atoms with Gasteiger partial charge in [-0.05, 0) is 41.8 Å². The van der Waals surface area contributed by atoms with Gasteiger partial charge in [-0.1, -0.05) is 12.1 Å². The number of anilines is 1.